The van der Waals surface area contributed by atoms with Crippen LogP contribution in [0, 0.1) is 0 Å². The molecule has 2 aromatic rings. The third-order valence-electron chi connectivity index (χ3n) is 2.02. The predicted octanol–water partition coefficient (Wildman–Crippen LogP) is 0.148. The molecule has 0 saturated heterocycles. The number of nitrogens with one attached hydrogen (secondary N) is 1. The van der Waals surface area contributed by atoms with Gasteiger partial charge >= 0.3 is 0 Å². The van der Waals surface area contributed by atoms with Crippen LogP contribution in [0.5, 0.6) is 0 Å². The lowest BCUT2D eigenvalue weighted by molar-refractivity contribution is 0.379. The highest BCUT2D eigenvalue weighted by Gasteiger charge is 2.06. The van der Waals surface area contributed by atoms with Gasteiger partial charge in [-0.25, -0.2) is 0 Å². The molecular weight excluding hydrogens is 240 g/mol. The van der Waals surface area contributed by atoms with Crippen LogP contribution < -0.4 is 11.1 Å². The van der Waals surface area contributed by atoms with Crippen molar-refractivity contribution in [1.82, 2.24) is 20.3 Å². The van der Waals surface area contributed by atoms with Gasteiger partial charge in [0.1, 0.15) is 4.99 Å². The van der Waals surface area contributed by atoms with E-state index in [0.717, 1.165) is 0 Å². The molecule has 0 aliphatic carbocycles. The van der Waals surface area contributed by atoms with E-state index < -0.39 is 0 Å². The first-order chi connectivity index (χ1) is 8.27. The van der Waals surface area contributed by atoms with Crippen LogP contribution in [0.4, 0.5) is 5.82 Å². The zero-order valence-corrected chi connectivity index (χ0v) is 9.65. The number of nitrogens with two attached hydrogens (primary N) is 1. The van der Waals surface area contributed by atoms with Crippen molar-refractivity contribution in [2.45, 2.75) is 6.42 Å². The minimum Gasteiger partial charge on any atom is -0.389 e. The van der Waals surface area contributed by atoms with Crippen molar-refractivity contribution in [1.29, 1.82) is 0 Å². The first kappa shape index (κ1) is 11.4. The quantitative estimate of drug-likeness (QED) is 0.723. The number of hydrogen-bond acceptors (Lipinski definition) is 7. The Morgan fingerprint density at radius 1 is 1.53 bits per heavy atom. The standard InChI is InChI=1S/C9H10N6OS/c10-8(17)6-1-4-13-15-9(6)11-3-2-7-12-5-14-16-7/h1,4-5H,2-3H2,(H2,10,17)(H,11,15). The molecule has 0 aromatic carbocycles. The van der Waals surface area contributed by atoms with E-state index in [4.69, 9.17) is 22.5 Å². The van der Waals surface area contributed by atoms with Crippen LogP contribution in [-0.2, 0) is 6.42 Å². The second kappa shape index (κ2) is 5.30. The van der Waals surface area contributed by atoms with Gasteiger partial charge in [-0.05, 0) is 6.07 Å². The molecule has 0 unspecified atom stereocenters. The second-order valence-electron chi connectivity index (χ2n) is 3.17. The van der Waals surface area contributed by atoms with Crippen LogP contribution in [0.1, 0.15) is 11.5 Å². The average Bonchev–Trinajstić information content (AvgIpc) is 2.82. The van der Waals surface area contributed by atoms with E-state index in [9.17, 15) is 0 Å². The highest BCUT2D eigenvalue weighted by Crippen LogP contribution is 2.09. The normalized spacial score (nSPS) is 10.1. The number of thiocarbonyl (C=S) groups is 1. The first-order valence-corrected chi connectivity index (χ1v) is 5.29. The van der Waals surface area contributed by atoms with Gasteiger partial charge in [-0.3, -0.25) is 0 Å². The summed E-state index contributed by atoms with van der Waals surface area (Å²) in [6.07, 6.45) is 3.49. The van der Waals surface area contributed by atoms with Gasteiger partial charge in [0.25, 0.3) is 0 Å². The lowest BCUT2D eigenvalue weighted by Gasteiger charge is -2.07. The number of aromatic nitrogens is 4. The van der Waals surface area contributed by atoms with Gasteiger partial charge in [0.2, 0.25) is 5.89 Å². The van der Waals surface area contributed by atoms with Crippen molar-refractivity contribution in [3.05, 3.63) is 30.0 Å². The van der Waals surface area contributed by atoms with E-state index in [0.29, 0.717) is 30.2 Å². The Hall–Kier alpha value is -2.09. The first-order valence-electron chi connectivity index (χ1n) is 4.88. The van der Waals surface area contributed by atoms with Gasteiger partial charge in [-0.1, -0.05) is 17.4 Å². The van der Waals surface area contributed by atoms with Gasteiger partial charge in [0.15, 0.2) is 12.1 Å². The molecule has 2 rings (SSSR count). The minimum absolute atomic E-state index is 0.278. The minimum atomic E-state index is 0.278. The summed E-state index contributed by atoms with van der Waals surface area (Å²) in [4.78, 5) is 4.18. The van der Waals surface area contributed by atoms with Crippen molar-refractivity contribution in [2.24, 2.45) is 5.73 Å². The molecule has 0 saturated carbocycles. The molecule has 2 aromatic heterocycles. The van der Waals surface area contributed by atoms with Gasteiger partial charge in [0.05, 0.1) is 11.8 Å². The van der Waals surface area contributed by atoms with E-state index in [2.05, 4.69) is 25.7 Å². The Kier molecular flexibility index (Phi) is 3.55. The maximum Gasteiger partial charge on any atom is 0.228 e. The fourth-order valence-electron chi connectivity index (χ4n) is 1.26. The zero-order chi connectivity index (χ0) is 12.1. The molecule has 8 heteroatoms. The van der Waals surface area contributed by atoms with Crippen molar-refractivity contribution >= 4 is 23.0 Å². The van der Waals surface area contributed by atoms with E-state index in [1.165, 1.54) is 12.5 Å². The van der Waals surface area contributed by atoms with Gasteiger partial charge in [-0.2, -0.15) is 10.1 Å². The molecule has 0 radical (unpaired) electrons. The summed E-state index contributed by atoms with van der Waals surface area (Å²) < 4.78 is 4.86. The van der Waals surface area contributed by atoms with Crippen LogP contribution in [0.3, 0.4) is 0 Å². The summed E-state index contributed by atoms with van der Waals surface area (Å²) in [7, 11) is 0. The third-order valence-corrected chi connectivity index (χ3v) is 2.24. The number of nitrogens with zero attached hydrogens (tertiary/aromatic N) is 4. The Bertz CT molecular complexity index is 500. The summed E-state index contributed by atoms with van der Waals surface area (Å²) in [6, 6.07) is 1.71. The molecular formula is C9H10N6OS. The molecule has 0 amide bonds. The molecule has 7 nitrogen and oxygen atoms in total. The number of rotatable bonds is 5. The van der Waals surface area contributed by atoms with Crippen molar-refractivity contribution < 1.29 is 4.52 Å². The van der Waals surface area contributed by atoms with E-state index in [1.54, 1.807) is 6.07 Å². The fourth-order valence-corrected chi connectivity index (χ4v) is 1.42. The molecule has 88 valence electrons. The summed E-state index contributed by atoms with van der Waals surface area (Å²) in [6.45, 7) is 0.580. The number of anilines is 1. The van der Waals surface area contributed by atoms with Crippen molar-refractivity contribution in [2.75, 3.05) is 11.9 Å². The lowest BCUT2D eigenvalue weighted by Crippen LogP contribution is -2.16. The maximum atomic E-state index is 5.56. The molecule has 0 fully saturated rings. The van der Waals surface area contributed by atoms with Crippen LogP contribution in [0.2, 0.25) is 0 Å². The molecule has 0 atom stereocenters. The van der Waals surface area contributed by atoms with Crippen LogP contribution >= 0.6 is 12.2 Å². The Labute approximate surface area is 102 Å². The predicted molar refractivity (Wildman–Crippen MR) is 64.4 cm³/mol. The highest BCUT2D eigenvalue weighted by molar-refractivity contribution is 7.80. The molecule has 0 spiro atoms. The summed E-state index contributed by atoms with van der Waals surface area (Å²) in [5, 5.41) is 14.3. The topological polar surface area (TPSA) is 103 Å². The van der Waals surface area contributed by atoms with Crippen LogP contribution in [0.25, 0.3) is 0 Å². The van der Waals surface area contributed by atoms with Crippen LogP contribution in [-0.4, -0.2) is 31.9 Å². The molecule has 3 N–H and O–H groups in total. The largest absolute Gasteiger partial charge is 0.389 e. The Balaban J connectivity index is 1.97. The zero-order valence-electron chi connectivity index (χ0n) is 8.83. The van der Waals surface area contributed by atoms with Crippen molar-refractivity contribution in [3.8, 4) is 0 Å². The second-order valence-corrected chi connectivity index (χ2v) is 3.61. The summed E-state index contributed by atoms with van der Waals surface area (Å²) in [5.74, 6) is 1.11. The van der Waals surface area contributed by atoms with Gasteiger partial charge < -0.3 is 15.6 Å². The SMILES string of the molecule is NC(=S)c1ccnnc1NCCc1ncno1. The monoisotopic (exact) mass is 250 g/mol. The lowest BCUT2D eigenvalue weighted by atomic mass is 10.3. The van der Waals surface area contributed by atoms with E-state index >= 15 is 0 Å². The van der Waals surface area contributed by atoms with E-state index in [-0.39, 0.29) is 4.99 Å². The summed E-state index contributed by atoms with van der Waals surface area (Å²) >= 11 is 4.91. The maximum absolute atomic E-state index is 5.56. The van der Waals surface area contributed by atoms with Gasteiger partial charge in [-0.15, -0.1) is 5.10 Å². The smallest absolute Gasteiger partial charge is 0.228 e. The molecule has 0 bridgehead atoms. The molecule has 0 aliphatic heterocycles. The molecule has 17 heavy (non-hydrogen) atoms. The van der Waals surface area contributed by atoms with Crippen molar-refractivity contribution in [3.63, 3.8) is 0 Å². The average molecular weight is 250 g/mol. The molecule has 0 aliphatic rings. The third kappa shape index (κ3) is 2.94. The highest BCUT2D eigenvalue weighted by atomic mass is 32.1. The summed E-state index contributed by atoms with van der Waals surface area (Å²) in [5.41, 5.74) is 6.23. The molecule has 2 heterocycles. The van der Waals surface area contributed by atoms with Gasteiger partial charge in [0, 0.05) is 13.0 Å². The van der Waals surface area contributed by atoms with E-state index in [1.807, 2.05) is 0 Å². The van der Waals surface area contributed by atoms with Crippen LogP contribution in [0.15, 0.2) is 23.1 Å². The Morgan fingerprint density at radius 3 is 3.12 bits per heavy atom. The Morgan fingerprint density at radius 2 is 2.41 bits per heavy atom. The fraction of sp³-hybridized carbons (Fsp3) is 0.222. The number of hydrogen-bond donors (Lipinski definition) is 2.